The summed E-state index contributed by atoms with van der Waals surface area (Å²) in [5.74, 6) is -0.0209. The molecule has 2 saturated heterocycles. The molecular formula is C12H20N2O. The summed E-state index contributed by atoms with van der Waals surface area (Å²) in [5.41, 5.74) is 0. The lowest BCUT2D eigenvalue weighted by Crippen LogP contribution is -2.56. The summed E-state index contributed by atoms with van der Waals surface area (Å²) in [5, 5.41) is 3.07. The minimum absolute atomic E-state index is 0.0209. The molecule has 15 heavy (non-hydrogen) atoms. The molecule has 2 aliphatic rings. The van der Waals surface area contributed by atoms with Crippen molar-refractivity contribution in [1.29, 1.82) is 0 Å². The first kappa shape index (κ1) is 10.7. The Labute approximate surface area is 91.5 Å². The standard InChI is InChI=1S/C12H20N2O/c1-2-12(15)13-10-6-5-9-14-8-4-3-7-11(10)14/h2,10-11H,1,3-9H2,(H,13,15). The zero-order chi connectivity index (χ0) is 10.7. The molecule has 2 fully saturated rings. The van der Waals surface area contributed by atoms with Crippen molar-refractivity contribution in [3.05, 3.63) is 12.7 Å². The molecule has 0 aromatic heterocycles. The van der Waals surface area contributed by atoms with Crippen molar-refractivity contribution in [2.75, 3.05) is 13.1 Å². The number of hydrogen-bond donors (Lipinski definition) is 1. The van der Waals surface area contributed by atoms with E-state index in [2.05, 4.69) is 16.8 Å². The third kappa shape index (κ3) is 2.40. The Morgan fingerprint density at radius 3 is 2.87 bits per heavy atom. The highest BCUT2D eigenvalue weighted by molar-refractivity contribution is 5.87. The first-order valence-corrected chi connectivity index (χ1v) is 5.98. The minimum Gasteiger partial charge on any atom is -0.348 e. The van der Waals surface area contributed by atoms with Gasteiger partial charge in [-0.05, 0) is 44.8 Å². The largest absolute Gasteiger partial charge is 0.348 e. The van der Waals surface area contributed by atoms with Crippen molar-refractivity contribution in [2.45, 2.75) is 44.2 Å². The summed E-state index contributed by atoms with van der Waals surface area (Å²) < 4.78 is 0. The quantitative estimate of drug-likeness (QED) is 0.694. The molecule has 2 unspecified atom stereocenters. The molecule has 3 heteroatoms. The van der Waals surface area contributed by atoms with Gasteiger partial charge in [0.1, 0.15) is 0 Å². The number of fused-ring (bicyclic) bond motifs is 1. The van der Waals surface area contributed by atoms with Gasteiger partial charge in [0.25, 0.3) is 0 Å². The van der Waals surface area contributed by atoms with E-state index in [-0.39, 0.29) is 5.91 Å². The van der Waals surface area contributed by atoms with E-state index in [0.717, 1.165) is 6.42 Å². The minimum atomic E-state index is -0.0209. The fourth-order valence-corrected chi connectivity index (χ4v) is 2.87. The van der Waals surface area contributed by atoms with Gasteiger partial charge in [-0.3, -0.25) is 9.69 Å². The molecule has 0 spiro atoms. The molecule has 2 atom stereocenters. The maximum absolute atomic E-state index is 11.3. The maximum Gasteiger partial charge on any atom is 0.243 e. The van der Waals surface area contributed by atoms with Gasteiger partial charge in [-0.15, -0.1) is 0 Å². The topological polar surface area (TPSA) is 32.3 Å². The first-order valence-electron chi connectivity index (χ1n) is 5.98. The number of carbonyl (C=O) groups excluding carboxylic acids is 1. The van der Waals surface area contributed by atoms with Crippen LogP contribution in [0, 0.1) is 0 Å². The Balaban J connectivity index is 1.97. The Hall–Kier alpha value is -0.830. The summed E-state index contributed by atoms with van der Waals surface area (Å²) in [4.78, 5) is 13.8. The van der Waals surface area contributed by atoms with Crippen LogP contribution in [0.25, 0.3) is 0 Å². The van der Waals surface area contributed by atoms with Crippen LogP contribution in [0.2, 0.25) is 0 Å². The molecule has 2 rings (SSSR count). The lowest BCUT2D eigenvalue weighted by molar-refractivity contribution is -0.118. The number of rotatable bonds is 2. The van der Waals surface area contributed by atoms with E-state index in [1.165, 1.54) is 44.8 Å². The van der Waals surface area contributed by atoms with Crippen molar-refractivity contribution in [3.63, 3.8) is 0 Å². The number of piperidine rings is 2. The number of carbonyl (C=O) groups is 1. The van der Waals surface area contributed by atoms with Gasteiger partial charge in [0, 0.05) is 12.1 Å². The van der Waals surface area contributed by atoms with E-state index >= 15 is 0 Å². The monoisotopic (exact) mass is 208 g/mol. The molecule has 2 aliphatic heterocycles. The lowest BCUT2D eigenvalue weighted by Gasteiger charge is -2.44. The highest BCUT2D eigenvalue weighted by Gasteiger charge is 2.33. The van der Waals surface area contributed by atoms with Gasteiger partial charge in [0.2, 0.25) is 5.91 Å². The lowest BCUT2D eigenvalue weighted by atomic mass is 9.89. The molecule has 0 aliphatic carbocycles. The normalized spacial score (nSPS) is 31.7. The molecule has 1 amide bonds. The number of nitrogens with zero attached hydrogens (tertiary/aromatic N) is 1. The summed E-state index contributed by atoms with van der Waals surface area (Å²) in [6, 6.07) is 0.931. The smallest absolute Gasteiger partial charge is 0.243 e. The molecule has 0 radical (unpaired) electrons. The molecule has 1 N–H and O–H groups in total. The van der Waals surface area contributed by atoms with E-state index in [4.69, 9.17) is 0 Å². The second-order valence-electron chi connectivity index (χ2n) is 4.56. The van der Waals surface area contributed by atoms with Crippen LogP contribution in [0.5, 0.6) is 0 Å². The molecule has 84 valence electrons. The van der Waals surface area contributed by atoms with Crippen LogP contribution in [-0.2, 0) is 4.79 Å². The fourth-order valence-electron chi connectivity index (χ4n) is 2.87. The van der Waals surface area contributed by atoms with Crippen molar-refractivity contribution in [3.8, 4) is 0 Å². The number of hydrogen-bond acceptors (Lipinski definition) is 2. The average Bonchev–Trinajstić information content (AvgIpc) is 2.29. The van der Waals surface area contributed by atoms with Crippen LogP contribution in [-0.4, -0.2) is 36.0 Å². The number of amides is 1. The Bertz CT molecular complexity index is 250. The van der Waals surface area contributed by atoms with Gasteiger partial charge < -0.3 is 5.32 Å². The highest BCUT2D eigenvalue weighted by Crippen LogP contribution is 2.26. The van der Waals surface area contributed by atoms with E-state index in [9.17, 15) is 4.79 Å². The van der Waals surface area contributed by atoms with Gasteiger partial charge >= 0.3 is 0 Å². The van der Waals surface area contributed by atoms with E-state index in [1.54, 1.807) is 0 Å². The van der Waals surface area contributed by atoms with E-state index in [0.29, 0.717) is 12.1 Å². The van der Waals surface area contributed by atoms with Gasteiger partial charge in [-0.1, -0.05) is 13.0 Å². The molecule has 0 bridgehead atoms. The second-order valence-corrected chi connectivity index (χ2v) is 4.56. The van der Waals surface area contributed by atoms with Gasteiger partial charge in [-0.25, -0.2) is 0 Å². The predicted octanol–water partition coefficient (Wildman–Crippen LogP) is 1.31. The second kappa shape index (κ2) is 4.79. The van der Waals surface area contributed by atoms with Crippen LogP contribution < -0.4 is 5.32 Å². The third-order valence-corrected chi connectivity index (χ3v) is 3.60. The molecule has 0 aromatic rings. The summed E-state index contributed by atoms with van der Waals surface area (Å²) >= 11 is 0. The zero-order valence-electron chi connectivity index (χ0n) is 9.24. The zero-order valence-corrected chi connectivity index (χ0v) is 9.24. The predicted molar refractivity (Wildman–Crippen MR) is 60.6 cm³/mol. The van der Waals surface area contributed by atoms with E-state index < -0.39 is 0 Å². The van der Waals surface area contributed by atoms with Crippen LogP contribution in [0.1, 0.15) is 32.1 Å². The highest BCUT2D eigenvalue weighted by atomic mass is 16.1. The Morgan fingerprint density at radius 2 is 2.07 bits per heavy atom. The average molecular weight is 208 g/mol. The van der Waals surface area contributed by atoms with Crippen LogP contribution >= 0.6 is 0 Å². The fraction of sp³-hybridized carbons (Fsp3) is 0.750. The van der Waals surface area contributed by atoms with E-state index in [1.807, 2.05) is 0 Å². The molecule has 2 heterocycles. The van der Waals surface area contributed by atoms with Crippen molar-refractivity contribution in [2.24, 2.45) is 0 Å². The van der Waals surface area contributed by atoms with Crippen LogP contribution in [0.3, 0.4) is 0 Å². The molecule has 3 nitrogen and oxygen atoms in total. The van der Waals surface area contributed by atoms with Gasteiger partial charge in [0.05, 0.1) is 0 Å². The number of nitrogens with one attached hydrogen (secondary N) is 1. The van der Waals surface area contributed by atoms with Crippen LogP contribution in [0.4, 0.5) is 0 Å². The summed E-state index contributed by atoms with van der Waals surface area (Å²) in [6.45, 7) is 5.93. The molecular weight excluding hydrogens is 188 g/mol. The van der Waals surface area contributed by atoms with Gasteiger partial charge in [-0.2, -0.15) is 0 Å². The third-order valence-electron chi connectivity index (χ3n) is 3.60. The van der Waals surface area contributed by atoms with Crippen molar-refractivity contribution in [1.82, 2.24) is 10.2 Å². The molecule has 0 aromatic carbocycles. The van der Waals surface area contributed by atoms with Crippen molar-refractivity contribution < 1.29 is 4.79 Å². The first-order chi connectivity index (χ1) is 7.31. The Kier molecular flexibility index (Phi) is 3.41. The summed E-state index contributed by atoms with van der Waals surface area (Å²) in [7, 11) is 0. The van der Waals surface area contributed by atoms with Crippen molar-refractivity contribution >= 4 is 5.91 Å². The SMILES string of the molecule is C=CC(=O)NC1CCCN2CCCCC12. The molecule has 0 saturated carbocycles. The summed E-state index contributed by atoms with van der Waals surface area (Å²) in [6.07, 6.45) is 7.57. The maximum atomic E-state index is 11.3. The van der Waals surface area contributed by atoms with Gasteiger partial charge in [0.15, 0.2) is 0 Å². The Morgan fingerprint density at radius 1 is 1.27 bits per heavy atom. The van der Waals surface area contributed by atoms with Crippen LogP contribution in [0.15, 0.2) is 12.7 Å².